The Morgan fingerprint density at radius 2 is 2.00 bits per heavy atom. The minimum absolute atomic E-state index is 0.785. The summed E-state index contributed by atoms with van der Waals surface area (Å²) in [5.74, 6) is 1.81. The number of hydrogen-bond acceptors (Lipinski definition) is 2. The molecule has 0 aromatic carbocycles. The summed E-state index contributed by atoms with van der Waals surface area (Å²) < 4.78 is 0. The smallest absolute Gasteiger partial charge is 0.00143 e. The fourth-order valence-electron chi connectivity index (χ4n) is 1.22. The summed E-state index contributed by atoms with van der Waals surface area (Å²) in [5.41, 5.74) is 0. The van der Waals surface area contributed by atoms with Gasteiger partial charge in [0.05, 0.1) is 0 Å². The summed E-state index contributed by atoms with van der Waals surface area (Å²) in [6.45, 7) is 6.78. The number of hydrogen-bond donors (Lipinski definition) is 1. The van der Waals surface area contributed by atoms with E-state index < -0.39 is 0 Å². The predicted molar refractivity (Wildman–Crippen MR) is 55.4 cm³/mol. The second kappa shape index (κ2) is 6.99. The standard InChI is InChI=1S/C9H21NS/c1-4-6-9(8-11)7-10(3)5-2/h9,11H,4-8H2,1-3H3. The third kappa shape index (κ3) is 5.57. The molecule has 0 saturated carbocycles. The molecule has 1 atom stereocenters. The van der Waals surface area contributed by atoms with Gasteiger partial charge in [-0.15, -0.1) is 0 Å². The van der Waals surface area contributed by atoms with Crippen LogP contribution >= 0.6 is 12.6 Å². The van der Waals surface area contributed by atoms with Gasteiger partial charge in [-0.05, 0) is 31.7 Å². The molecule has 0 spiro atoms. The zero-order chi connectivity index (χ0) is 8.69. The first-order valence-corrected chi connectivity index (χ1v) is 5.17. The van der Waals surface area contributed by atoms with Crippen LogP contribution in [0.1, 0.15) is 26.7 Å². The normalized spacial score (nSPS) is 13.9. The van der Waals surface area contributed by atoms with Crippen molar-refractivity contribution < 1.29 is 0 Å². The van der Waals surface area contributed by atoms with Crippen LogP contribution in [0.4, 0.5) is 0 Å². The van der Waals surface area contributed by atoms with Gasteiger partial charge in [-0.1, -0.05) is 20.3 Å². The molecule has 0 N–H and O–H groups in total. The first kappa shape index (κ1) is 11.3. The predicted octanol–water partition coefficient (Wildman–Crippen LogP) is 2.28. The number of thiol groups is 1. The first-order chi connectivity index (χ1) is 5.24. The van der Waals surface area contributed by atoms with Crippen LogP contribution in [0.25, 0.3) is 0 Å². The highest BCUT2D eigenvalue weighted by molar-refractivity contribution is 7.80. The van der Waals surface area contributed by atoms with Crippen LogP contribution < -0.4 is 0 Å². The van der Waals surface area contributed by atoms with Crippen molar-refractivity contribution in [3.63, 3.8) is 0 Å². The molecule has 0 aliphatic heterocycles. The van der Waals surface area contributed by atoms with E-state index in [4.69, 9.17) is 0 Å². The van der Waals surface area contributed by atoms with Crippen molar-refractivity contribution in [3.05, 3.63) is 0 Å². The molecule has 68 valence electrons. The number of rotatable bonds is 6. The minimum Gasteiger partial charge on any atom is -0.306 e. The number of nitrogens with zero attached hydrogens (tertiary/aromatic N) is 1. The minimum atomic E-state index is 0.785. The van der Waals surface area contributed by atoms with Gasteiger partial charge in [0.15, 0.2) is 0 Å². The Bertz CT molecular complexity index is 85.6. The van der Waals surface area contributed by atoms with E-state index in [1.54, 1.807) is 0 Å². The maximum atomic E-state index is 4.34. The van der Waals surface area contributed by atoms with Crippen LogP contribution in [0.15, 0.2) is 0 Å². The second-order valence-electron chi connectivity index (χ2n) is 3.19. The molecule has 0 rings (SSSR count). The molecule has 0 aromatic rings. The largest absolute Gasteiger partial charge is 0.306 e. The van der Waals surface area contributed by atoms with Crippen molar-refractivity contribution >= 4 is 12.6 Å². The lowest BCUT2D eigenvalue weighted by Crippen LogP contribution is -2.26. The summed E-state index contributed by atoms with van der Waals surface area (Å²) in [6, 6.07) is 0. The molecular weight excluding hydrogens is 154 g/mol. The van der Waals surface area contributed by atoms with Crippen molar-refractivity contribution in [2.75, 3.05) is 25.9 Å². The summed E-state index contributed by atoms with van der Waals surface area (Å²) in [6.07, 6.45) is 2.59. The zero-order valence-corrected chi connectivity index (χ0v) is 8.90. The monoisotopic (exact) mass is 175 g/mol. The average molecular weight is 175 g/mol. The van der Waals surface area contributed by atoms with Gasteiger partial charge < -0.3 is 4.90 Å². The van der Waals surface area contributed by atoms with Crippen LogP contribution in [0.3, 0.4) is 0 Å². The summed E-state index contributed by atoms with van der Waals surface area (Å²) in [5, 5.41) is 0. The van der Waals surface area contributed by atoms with Gasteiger partial charge in [-0.2, -0.15) is 12.6 Å². The molecular formula is C9H21NS. The molecule has 0 amide bonds. The third-order valence-electron chi connectivity index (χ3n) is 2.06. The zero-order valence-electron chi connectivity index (χ0n) is 8.01. The SMILES string of the molecule is CCCC(CS)CN(C)CC. The molecule has 1 unspecified atom stereocenters. The van der Waals surface area contributed by atoms with E-state index >= 15 is 0 Å². The second-order valence-corrected chi connectivity index (χ2v) is 3.56. The molecule has 0 heterocycles. The van der Waals surface area contributed by atoms with Crippen molar-refractivity contribution in [3.8, 4) is 0 Å². The van der Waals surface area contributed by atoms with Gasteiger partial charge in [-0.25, -0.2) is 0 Å². The maximum absolute atomic E-state index is 4.34. The van der Waals surface area contributed by atoms with Crippen molar-refractivity contribution in [1.82, 2.24) is 4.90 Å². The Morgan fingerprint density at radius 1 is 1.36 bits per heavy atom. The Balaban J connectivity index is 3.49. The van der Waals surface area contributed by atoms with E-state index in [2.05, 4.69) is 38.4 Å². The van der Waals surface area contributed by atoms with Gasteiger partial charge in [-0.3, -0.25) is 0 Å². The molecule has 2 heteroatoms. The first-order valence-electron chi connectivity index (χ1n) is 4.53. The van der Waals surface area contributed by atoms with Gasteiger partial charge in [0.2, 0.25) is 0 Å². The van der Waals surface area contributed by atoms with Crippen LogP contribution in [0.2, 0.25) is 0 Å². The maximum Gasteiger partial charge on any atom is 0.00143 e. The summed E-state index contributed by atoms with van der Waals surface area (Å²) in [7, 11) is 2.17. The lowest BCUT2D eigenvalue weighted by Gasteiger charge is -2.20. The molecule has 0 aliphatic carbocycles. The highest BCUT2D eigenvalue weighted by Crippen LogP contribution is 2.09. The summed E-state index contributed by atoms with van der Waals surface area (Å²) in [4.78, 5) is 2.36. The topological polar surface area (TPSA) is 3.24 Å². The van der Waals surface area contributed by atoms with Gasteiger partial charge in [0, 0.05) is 6.54 Å². The van der Waals surface area contributed by atoms with E-state index in [1.807, 2.05) is 0 Å². The van der Waals surface area contributed by atoms with Crippen LogP contribution in [0, 0.1) is 5.92 Å². The van der Waals surface area contributed by atoms with E-state index in [-0.39, 0.29) is 0 Å². The molecule has 0 radical (unpaired) electrons. The fourth-order valence-corrected chi connectivity index (χ4v) is 1.52. The highest BCUT2D eigenvalue weighted by atomic mass is 32.1. The lowest BCUT2D eigenvalue weighted by atomic mass is 10.1. The van der Waals surface area contributed by atoms with E-state index in [9.17, 15) is 0 Å². The van der Waals surface area contributed by atoms with E-state index in [0.717, 1.165) is 18.2 Å². The average Bonchev–Trinajstić information content (AvgIpc) is 2.03. The highest BCUT2D eigenvalue weighted by Gasteiger charge is 2.06. The van der Waals surface area contributed by atoms with E-state index in [0.29, 0.717) is 0 Å². The fraction of sp³-hybridized carbons (Fsp3) is 1.00. The Hall–Kier alpha value is 0.310. The van der Waals surface area contributed by atoms with Crippen molar-refractivity contribution in [2.45, 2.75) is 26.7 Å². The van der Waals surface area contributed by atoms with Gasteiger partial charge in [0.1, 0.15) is 0 Å². The Morgan fingerprint density at radius 3 is 2.36 bits per heavy atom. The molecule has 0 fully saturated rings. The molecule has 0 aromatic heterocycles. The molecule has 0 bridgehead atoms. The molecule has 0 saturated heterocycles. The van der Waals surface area contributed by atoms with Crippen LogP contribution in [0.5, 0.6) is 0 Å². The molecule has 1 nitrogen and oxygen atoms in total. The van der Waals surface area contributed by atoms with Gasteiger partial charge >= 0.3 is 0 Å². The Labute approximate surface area is 76.6 Å². The van der Waals surface area contributed by atoms with Crippen LogP contribution in [-0.2, 0) is 0 Å². The Kier molecular flexibility index (Phi) is 7.18. The molecule has 0 aliphatic rings. The third-order valence-corrected chi connectivity index (χ3v) is 2.58. The van der Waals surface area contributed by atoms with Crippen LogP contribution in [-0.4, -0.2) is 30.8 Å². The molecule has 11 heavy (non-hydrogen) atoms. The quantitative estimate of drug-likeness (QED) is 0.606. The van der Waals surface area contributed by atoms with Crippen molar-refractivity contribution in [1.29, 1.82) is 0 Å². The summed E-state index contributed by atoms with van der Waals surface area (Å²) >= 11 is 4.34. The van der Waals surface area contributed by atoms with Gasteiger partial charge in [0.25, 0.3) is 0 Å². The lowest BCUT2D eigenvalue weighted by molar-refractivity contribution is 0.293. The van der Waals surface area contributed by atoms with Crippen molar-refractivity contribution in [2.24, 2.45) is 5.92 Å². The van der Waals surface area contributed by atoms with E-state index in [1.165, 1.54) is 19.4 Å².